The van der Waals surface area contributed by atoms with Gasteiger partial charge in [0.25, 0.3) is 5.91 Å². The first kappa shape index (κ1) is 17.2. The van der Waals surface area contributed by atoms with Crippen LogP contribution >= 0.6 is 0 Å². The number of nitrogens with one attached hydrogen (secondary N) is 2. The second-order valence-electron chi connectivity index (χ2n) is 5.95. The van der Waals surface area contributed by atoms with Gasteiger partial charge in [-0.2, -0.15) is 0 Å². The highest BCUT2D eigenvalue weighted by Gasteiger charge is 2.13. The molecule has 4 heteroatoms. The third-order valence-electron chi connectivity index (χ3n) is 3.89. The van der Waals surface area contributed by atoms with Crippen molar-refractivity contribution in [2.45, 2.75) is 26.8 Å². The van der Waals surface area contributed by atoms with Crippen molar-refractivity contribution in [2.75, 3.05) is 18.9 Å². The van der Waals surface area contributed by atoms with E-state index >= 15 is 0 Å². The van der Waals surface area contributed by atoms with Crippen molar-refractivity contribution >= 4 is 11.6 Å². The number of benzene rings is 2. The minimum atomic E-state index is -0.240. The van der Waals surface area contributed by atoms with Gasteiger partial charge in [0.05, 0.1) is 7.05 Å². The van der Waals surface area contributed by atoms with Crippen LogP contribution in [0.2, 0.25) is 0 Å². The van der Waals surface area contributed by atoms with Crippen molar-refractivity contribution in [3.63, 3.8) is 0 Å². The molecule has 2 N–H and O–H groups in total. The lowest BCUT2D eigenvalue weighted by Crippen LogP contribution is -3.08. The molecule has 0 spiro atoms. The number of rotatable bonds is 6. The number of halogens is 1. The number of carbonyl (C=O) groups excluding carboxylic acids is 1. The number of anilines is 1. The van der Waals surface area contributed by atoms with Crippen molar-refractivity contribution in [3.8, 4) is 0 Å². The summed E-state index contributed by atoms with van der Waals surface area (Å²) in [5.74, 6) is -0.246. The van der Waals surface area contributed by atoms with Gasteiger partial charge in [0.1, 0.15) is 12.4 Å². The zero-order valence-electron chi connectivity index (χ0n) is 13.9. The van der Waals surface area contributed by atoms with Crippen LogP contribution in [-0.2, 0) is 17.8 Å². The maximum absolute atomic E-state index is 12.9. The molecule has 0 heterocycles. The average Bonchev–Trinajstić information content (AvgIpc) is 2.51. The van der Waals surface area contributed by atoms with E-state index in [1.165, 1.54) is 12.1 Å². The van der Waals surface area contributed by atoms with E-state index in [1.807, 2.05) is 32.2 Å². The zero-order valence-corrected chi connectivity index (χ0v) is 13.9. The number of amides is 1. The quantitative estimate of drug-likeness (QED) is 0.843. The normalized spacial score (nSPS) is 12.0. The highest BCUT2D eigenvalue weighted by molar-refractivity contribution is 5.93. The maximum Gasteiger partial charge on any atom is 0.279 e. The van der Waals surface area contributed by atoms with Crippen LogP contribution in [0.3, 0.4) is 0 Å². The number of aryl methyl sites for hydroxylation is 2. The van der Waals surface area contributed by atoms with Gasteiger partial charge < -0.3 is 10.2 Å². The van der Waals surface area contributed by atoms with Gasteiger partial charge in [0, 0.05) is 11.3 Å². The molecule has 0 aliphatic rings. The number of hydrogen-bond acceptors (Lipinski definition) is 1. The van der Waals surface area contributed by atoms with Gasteiger partial charge in [-0.15, -0.1) is 0 Å². The molecular weight excluding hydrogens is 291 g/mol. The highest BCUT2D eigenvalue weighted by atomic mass is 19.1. The number of quaternary nitrogens is 1. The van der Waals surface area contributed by atoms with Crippen LogP contribution in [0, 0.1) is 12.7 Å². The molecule has 0 bridgehead atoms. The summed E-state index contributed by atoms with van der Waals surface area (Å²) in [6.45, 7) is 5.14. The summed E-state index contributed by atoms with van der Waals surface area (Å²) in [7, 11) is 1.96. The fourth-order valence-electron chi connectivity index (χ4n) is 2.67. The number of carbonyl (C=O) groups is 1. The molecule has 1 atom stereocenters. The molecule has 23 heavy (non-hydrogen) atoms. The van der Waals surface area contributed by atoms with E-state index in [0.29, 0.717) is 13.1 Å². The molecule has 0 saturated carbocycles. The molecular formula is C19H24FN2O+. The van der Waals surface area contributed by atoms with Gasteiger partial charge in [0.15, 0.2) is 6.54 Å². The molecule has 3 nitrogen and oxygen atoms in total. The summed E-state index contributed by atoms with van der Waals surface area (Å²) in [6.07, 6.45) is 0.884. The first-order valence-electron chi connectivity index (χ1n) is 7.93. The van der Waals surface area contributed by atoms with Gasteiger partial charge in [-0.25, -0.2) is 4.39 Å². The molecule has 2 aromatic carbocycles. The summed E-state index contributed by atoms with van der Waals surface area (Å²) in [5.41, 5.74) is 4.17. The first-order valence-corrected chi connectivity index (χ1v) is 7.93. The van der Waals surface area contributed by atoms with Gasteiger partial charge in [-0.3, -0.25) is 4.79 Å². The van der Waals surface area contributed by atoms with Gasteiger partial charge >= 0.3 is 0 Å². The Kier molecular flexibility index (Phi) is 5.88. The maximum atomic E-state index is 12.9. The van der Waals surface area contributed by atoms with Gasteiger partial charge in [-0.05, 0) is 36.6 Å². The summed E-state index contributed by atoms with van der Waals surface area (Å²) in [5, 5.41) is 3.04. The summed E-state index contributed by atoms with van der Waals surface area (Å²) >= 11 is 0. The van der Waals surface area contributed by atoms with Crippen LogP contribution in [0.5, 0.6) is 0 Å². The molecule has 0 saturated heterocycles. The van der Waals surface area contributed by atoms with Crippen LogP contribution in [0.15, 0.2) is 42.5 Å². The predicted molar refractivity (Wildman–Crippen MR) is 91.0 cm³/mol. The van der Waals surface area contributed by atoms with E-state index in [4.69, 9.17) is 0 Å². The first-order chi connectivity index (χ1) is 11.0. The number of hydrogen-bond donors (Lipinski definition) is 2. The Morgan fingerprint density at radius 3 is 2.52 bits per heavy atom. The lowest BCUT2D eigenvalue weighted by molar-refractivity contribution is -0.885. The lowest BCUT2D eigenvalue weighted by Gasteiger charge is -2.16. The van der Waals surface area contributed by atoms with Gasteiger partial charge in [-0.1, -0.05) is 37.3 Å². The van der Waals surface area contributed by atoms with E-state index in [9.17, 15) is 9.18 Å². The molecule has 1 amide bonds. The topological polar surface area (TPSA) is 33.5 Å². The second-order valence-corrected chi connectivity index (χ2v) is 5.95. The fraction of sp³-hybridized carbons (Fsp3) is 0.316. The third-order valence-corrected chi connectivity index (χ3v) is 3.89. The van der Waals surface area contributed by atoms with Gasteiger partial charge in [0.2, 0.25) is 0 Å². The Morgan fingerprint density at radius 1 is 1.17 bits per heavy atom. The number of para-hydroxylation sites is 1. The van der Waals surface area contributed by atoms with Crippen LogP contribution < -0.4 is 10.2 Å². The monoisotopic (exact) mass is 315 g/mol. The summed E-state index contributed by atoms with van der Waals surface area (Å²) < 4.78 is 12.9. The van der Waals surface area contributed by atoms with E-state index in [1.54, 1.807) is 12.1 Å². The van der Waals surface area contributed by atoms with E-state index < -0.39 is 0 Å². The van der Waals surface area contributed by atoms with Crippen LogP contribution in [0.25, 0.3) is 0 Å². The zero-order chi connectivity index (χ0) is 16.8. The summed E-state index contributed by atoms with van der Waals surface area (Å²) in [4.78, 5) is 13.4. The van der Waals surface area contributed by atoms with Crippen molar-refractivity contribution in [1.82, 2.24) is 0 Å². The lowest BCUT2D eigenvalue weighted by atomic mass is 10.1. The standard InChI is InChI=1S/C19H23FN2O/c1-4-16-7-5-6-14(2)19(16)21-18(23)13-22(3)12-15-8-10-17(20)11-9-15/h5-11H,4,12-13H2,1-3H3,(H,21,23)/p+1. The Morgan fingerprint density at radius 2 is 1.87 bits per heavy atom. The molecule has 0 aliphatic carbocycles. The Hall–Kier alpha value is -2.20. The molecule has 0 aromatic heterocycles. The largest absolute Gasteiger partial charge is 0.326 e. The fourth-order valence-corrected chi connectivity index (χ4v) is 2.67. The second kappa shape index (κ2) is 7.88. The van der Waals surface area contributed by atoms with Crippen LogP contribution in [0.1, 0.15) is 23.6 Å². The summed E-state index contributed by atoms with van der Waals surface area (Å²) in [6, 6.07) is 12.5. The van der Waals surface area contributed by atoms with Crippen molar-refractivity contribution in [3.05, 3.63) is 65.0 Å². The Bertz CT molecular complexity index is 668. The van der Waals surface area contributed by atoms with E-state index in [2.05, 4.69) is 12.2 Å². The van der Waals surface area contributed by atoms with Crippen LogP contribution in [-0.4, -0.2) is 19.5 Å². The smallest absolute Gasteiger partial charge is 0.279 e. The van der Waals surface area contributed by atoms with Crippen molar-refractivity contribution in [1.29, 1.82) is 0 Å². The SMILES string of the molecule is CCc1cccc(C)c1NC(=O)C[NH+](C)Cc1ccc(F)cc1. The van der Waals surface area contributed by atoms with E-state index in [0.717, 1.165) is 33.7 Å². The Balaban J connectivity index is 1.95. The van der Waals surface area contributed by atoms with Crippen LogP contribution in [0.4, 0.5) is 10.1 Å². The minimum absolute atomic E-state index is 0.00592. The molecule has 1 unspecified atom stereocenters. The van der Waals surface area contributed by atoms with Crippen molar-refractivity contribution < 1.29 is 14.1 Å². The average molecular weight is 315 g/mol. The molecule has 0 radical (unpaired) electrons. The molecule has 0 aliphatic heterocycles. The van der Waals surface area contributed by atoms with Crippen molar-refractivity contribution in [2.24, 2.45) is 0 Å². The molecule has 2 rings (SSSR count). The third kappa shape index (κ3) is 4.89. The minimum Gasteiger partial charge on any atom is -0.326 e. The molecule has 0 fully saturated rings. The predicted octanol–water partition coefficient (Wildman–Crippen LogP) is 2.35. The molecule has 122 valence electrons. The molecule has 2 aromatic rings. The highest BCUT2D eigenvalue weighted by Crippen LogP contribution is 2.20. The Labute approximate surface area is 137 Å². The number of likely N-dealkylation sites (N-methyl/N-ethyl adjacent to an activating group) is 1. The van der Waals surface area contributed by atoms with E-state index in [-0.39, 0.29) is 11.7 Å².